The maximum Gasteiger partial charge on any atom is 0.414 e. The molecular weight excluding hydrogens is 333 g/mol. The summed E-state index contributed by atoms with van der Waals surface area (Å²) in [4.78, 5) is 18.2. The van der Waals surface area contributed by atoms with Crippen molar-refractivity contribution in [2.24, 2.45) is 0 Å². The minimum Gasteiger partial charge on any atom is -0.473 e. The molecule has 132 valence electrons. The Labute approximate surface area is 142 Å². The van der Waals surface area contributed by atoms with Crippen LogP contribution in [0, 0.1) is 5.82 Å². The molecule has 2 aromatic rings. The van der Waals surface area contributed by atoms with E-state index in [0.29, 0.717) is 13.1 Å². The van der Waals surface area contributed by atoms with Crippen LogP contribution in [0.25, 0.3) is 0 Å². The highest BCUT2D eigenvalue weighted by molar-refractivity contribution is 6.27. The molecule has 1 heterocycles. The van der Waals surface area contributed by atoms with Gasteiger partial charge in [0.05, 0.1) is 0 Å². The smallest absolute Gasteiger partial charge is 0.414 e. The summed E-state index contributed by atoms with van der Waals surface area (Å²) >= 11 is 0. The standard InChI is InChI=1S/C15H14FNO2.C2H2O4/c16-13-3-1-2-11(6-13)8-17-9-12-4-5-14-15(7-12)19-10-18-14;3-1(4)2(5)6/h1-7,17H,8-10H2;(H,3,4)(H,5,6). The number of hydrogen-bond acceptors (Lipinski definition) is 5. The van der Waals surface area contributed by atoms with E-state index in [2.05, 4.69) is 5.32 Å². The van der Waals surface area contributed by atoms with Crippen LogP contribution >= 0.6 is 0 Å². The Balaban J connectivity index is 0.000000326. The van der Waals surface area contributed by atoms with E-state index in [0.717, 1.165) is 22.6 Å². The Morgan fingerprint density at radius 2 is 1.60 bits per heavy atom. The number of nitrogens with one attached hydrogen (secondary N) is 1. The van der Waals surface area contributed by atoms with Gasteiger partial charge in [0.15, 0.2) is 11.5 Å². The van der Waals surface area contributed by atoms with Crippen LogP contribution in [0.1, 0.15) is 11.1 Å². The number of hydrogen-bond donors (Lipinski definition) is 3. The molecule has 0 fully saturated rings. The maximum atomic E-state index is 13.0. The number of aliphatic carboxylic acids is 2. The molecule has 2 aromatic carbocycles. The third-order valence-corrected chi connectivity index (χ3v) is 3.17. The maximum absolute atomic E-state index is 13.0. The Kier molecular flexibility index (Phi) is 6.30. The van der Waals surface area contributed by atoms with Crippen LogP contribution in [0.3, 0.4) is 0 Å². The van der Waals surface area contributed by atoms with Gasteiger partial charge in [-0.2, -0.15) is 0 Å². The summed E-state index contributed by atoms with van der Waals surface area (Å²) in [5, 5.41) is 18.1. The lowest BCUT2D eigenvalue weighted by Crippen LogP contribution is -2.12. The Morgan fingerprint density at radius 1 is 0.960 bits per heavy atom. The van der Waals surface area contributed by atoms with E-state index in [1.807, 2.05) is 24.3 Å². The number of fused-ring (bicyclic) bond motifs is 1. The van der Waals surface area contributed by atoms with Crippen molar-refractivity contribution in [1.29, 1.82) is 0 Å². The van der Waals surface area contributed by atoms with E-state index in [1.54, 1.807) is 6.07 Å². The van der Waals surface area contributed by atoms with E-state index in [1.165, 1.54) is 12.1 Å². The second-order valence-electron chi connectivity index (χ2n) is 5.03. The lowest BCUT2D eigenvalue weighted by atomic mass is 10.2. The van der Waals surface area contributed by atoms with Crippen LogP contribution in [0.2, 0.25) is 0 Å². The fourth-order valence-electron chi connectivity index (χ4n) is 2.05. The third-order valence-electron chi connectivity index (χ3n) is 3.17. The number of rotatable bonds is 4. The third kappa shape index (κ3) is 5.78. The summed E-state index contributed by atoms with van der Waals surface area (Å²) in [5.74, 6) is -2.29. The average Bonchev–Trinajstić information content (AvgIpc) is 3.03. The highest BCUT2D eigenvalue weighted by Crippen LogP contribution is 2.32. The molecule has 3 rings (SSSR count). The van der Waals surface area contributed by atoms with E-state index < -0.39 is 11.9 Å². The summed E-state index contributed by atoms with van der Waals surface area (Å²) in [6.45, 7) is 1.62. The largest absolute Gasteiger partial charge is 0.473 e. The van der Waals surface area contributed by atoms with Crippen LogP contribution in [0.15, 0.2) is 42.5 Å². The van der Waals surface area contributed by atoms with Gasteiger partial charge in [-0.1, -0.05) is 18.2 Å². The van der Waals surface area contributed by atoms with Crippen molar-refractivity contribution < 1.29 is 33.7 Å². The predicted octanol–water partition coefficient (Wildman–Crippen LogP) is 2.00. The highest BCUT2D eigenvalue weighted by Gasteiger charge is 2.12. The molecule has 0 saturated heterocycles. The van der Waals surface area contributed by atoms with Gasteiger partial charge < -0.3 is 25.0 Å². The number of carboxylic acids is 2. The van der Waals surface area contributed by atoms with Gasteiger partial charge in [0.1, 0.15) is 5.82 Å². The van der Waals surface area contributed by atoms with Crippen LogP contribution < -0.4 is 14.8 Å². The number of halogens is 1. The lowest BCUT2D eigenvalue weighted by molar-refractivity contribution is -0.159. The molecule has 0 spiro atoms. The first-order valence-electron chi connectivity index (χ1n) is 7.25. The minimum atomic E-state index is -1.82. The highest BCUT2D eigenvalue weighted by atomic mass is 19.1. The van der Waals surface area contributed by atoms with Crippen LogP contribution in [-0.4, -0.2) is 28.9 Å². The number of carboxylic acid groups (broad SMARTS) is 2. The quantitative estimate of drug-likeness (QED) is 0.725. The van der Waals surface area contributed by atoms with Crippen molar-refractivity contribution in [3.8, 4) is 11.5 Å². The van der Waals surface area contributed by atoms with E-state index >= 15 is 0 Å². The van der Waals surface area contributed by atoms with Gasteiger partial charge in [0.2, 0.25) is 6.79 Å². The predicted molar refractivity (Wildman–Crippen MR) is 84.8 cm³/mol. The van der Waals surface area contributed by atoms with Gasteiger partial charge in [-0.15, -0.1) is 0 Å². The molecule has 3 N–H and O–H groups in total. The molecule has 0 saturated carbocycles. The van der Waals surface area contributed by atoms with Crippen molar-refractivity contribution in [2.75, 3.05) is 6.79 Å². The number of carbonyl (C=O) groups is 2. The molecule has 0 bridgehead atoms. The Bertz CT molecular complexity index is 753. The first kappa shape index (κ1) is 18.2. The molecule has 0 radical (unpaired) electrons. The molecule has 8 heteroatoms. The van der Waals surface area contributed by atoms with Crippen LogP contribution in [-0.2, 0) is 22.7 Å². The molecule has 1 aliphatic heterocycles. The monoisotopic (exact) mass is 349 g/mol. The first-order valence-corrected chi connectivity index (χ1v) is 7.25. The second-order valence-corrected chi connectivity index (χ2v) is 5.03. The first-order chi connectivity index (χ1) is 12.0. The van der Waals surface area contributed by atoms with Crippen molar-refractivity contribution >= 4 is 11.9 Å². The summed E-state index contributed by atoms with van der Waals surface area (Å²) in [6.07, 6.45) is 0. The van der Waals surface area contributed by atoms with Crippen molar-refractivity contribution in [2.45, 2.75) is 13.1 Å². The number of benzene rings is 2. The van der Waals surface area contributed by atoms with Crippen molar-refractivity contribution in [3.05, 3.63) is 59.4 Å². The summed E-state index contributed by atoms with van der Waals surface area (Å²) in [6, 6.07) is 12.4. The Hall–Kier alpha value is -3.13. The normalized spacial score (nSPS) is 11.4. The van der Waals surface area contributed by atoms with Crippen LogP contribution in [0.4, 0.5) is 4.39 Å². The van der Waals surface area contributed by atoms with Crippen molar-refractivity contribution in [1.82, 2.24) is 5.32 Å². The van der Waals surface area contributed by atoms with Gasteiger partial charge in [-0.25, -0.2) is 14.0 Å². The topological polar surface area (TPSA) is 105 Å². The van der Waals surface area contributed by atoms with Gasteiger partial charge >= 0.3 is 11.9 Å². The fraction of sp³-hybridized carbons (Fsp3) is 0.176. The Morgan fingerprint density at radius 3 is 2.24 bits per heavy atom. The van der Waals surface area contributed by atoms with E-state index in [9.17, 15) is 4.39 Å². The molecular formula is C17H16FNO6. The lowest BCUT2D eigenvalue weighted by Gasteiger charge is -2.06. The molecule has 0 atom stereocenters. The molecule has 25 heavy (non-hydrogen) atoms. The van der Waals surface area contributed by atoms with Gasteiger partial charge in [0, 0.05) is 13.1 Å². The SMILES string of the molecule is Fc1cccc(CNCc2ccc3c(c2)OCO3)c1.O=C(O)C(=O)O. The summed E-state index contributed by atoms with van der Waals surface area (Å²) < 4.78 is 23.6. The molecule has 0 aliphatic carbocycles. The zero-order valence-corrected chi connectivity index (χ0v) is 13.1. The van der Waals surface area contributed by atoms with Crippen LogP contribution in [0.5, 0.6) is 11.5 Å². The second kappa shape index (κ2) is 8.65. The zero-order valence-electron chi connectivity index (χ0n) is 13.1. The fourth-order valence-corrected chi connectivity index (χ4v) is 2.05. The van der Waals surface area contributed by atoms with E-state index in [4.69, 9.17) is 29.3 Å². The zero-order chi connectivity index (χ0) is 18.2. The summed E-state index contributed by atoms with van der Waals surface area (Å²) in [5.41, 5.74) is 2.04. The summed E-state index contributed by atoms with van der Waals surface area (Å²) in [7, 11) is 0. The van der Waals surface area contributed by atoms with Gasteiger partial charge in [-0.05, 0) is 35.4 Å². The molecule has 0 unspecified atom stereocenters. The molecule has 0 aromatic heterocycles. The van der Waals surface area contributed by atoms with Gasteiger partial charge in [0.25, 0.3) is 0 Å². The molecule has 7 nitrogen and oxygen atoms in total. The molecule has 1 aliphatic rings. The molecule has 0 amide bonds. The van der Waals surface area contributed by atoms with Gasteiger partial charge in [-0.3, -0.25) is 0 Å². The minimum absolute atomic E-state index is 0.206. The average molecular weight is 349 g/mol. The number of ether oxygens (including phenoxy) is 2. The van der Waals surface area contributed by atoms with E-state index in [-0.39, 0.29) is 12.6 Å². The van der Waals surface area contributed by atoms with Crippen molar-refractivity contribution in [3.63, 3.8) is 0 Å².